The lowest BCUT2D eigenvalue weighted by atomic mass is 9.93. The fourth-order valence-electron chi connectivity index (χ4n) is 5.95. The Morgan fingerprint density at radius 3 is 1.45 bits per heavy atom. The smallest absolute Gasteiger partial charge is 0.0545 e. The number of rotatable bonds is 2. The van der Waals surface area contributed by atoms with Gasteiger partial charge in [0.25, 0.3) is 0 Å². The molecule has 2 atom stereocenters. The molecule has 0 saturated heterocycles. The first kappa shape index (κ1) is 18.8. The first-order valence-corrected chi connectivity index (χ1v) is 12.6. The van der Waals surface area contributed by atoms with Crippen LogP contribution < -0.4 is 0 Å². The molecule has 0 spiro atoms. The molecule has 0 aromatic heterocycles. The zero-order chi connectivity index (χ0) is 21.4. The summed E-state index contributed by atoms with van der Waals surface area (Å²) in [5.74, 6) is 0. The van der Waals surface area contributed by atoms with Crippen LogP contribution >= 0.6 is 0 Å². The van der Waals surface area contributed by atoms with E-state index in [0.717, 1.165) is 0 Å². The summed E-state index contributed by atoms with van der Waals surface area (Å²) >= 11 is 0. The van der Waals surface area contributed by atoms with Crippen molar-refractivity contribution in [3.63, 3.8) is 0 Å². The normalized spacial score (nSPS) is 24.6. The van der Waals surface area contributed by atoms with Crippen molar-refractivity contribution in [3.05, 3.63) is 118 Å². The van der Waals surface area contributed by atoms with Gasteiger partial charge in [-0.15, -0.1) is 0 Å². The molecular weight excluding hydrogens is 388 g/mol. The van der Waals surface area contributed by atoms with Crippen LogP contribution in [-0.2, 0) is 10.1 Å². The zero-order valence-electron chi connectivity index (χ0n) is 18.6. The molecule has 2 radical (unpaired) electrons. The Balaban J connectivity index is 1.52. The van der Waals surface area contributed by atoms with Gasteiger partial charge in [0.1, 0.15) is 0 Å². The van der Waals surface area contributed by atoms with Crippen LogP contribution in [0.5, 0.6) is 0 Å². The van der Waals surface area contributed by atoms with E-state index in [4.69, 9.17) is 0 Å². The van der Waals surface area contributed by atoms with Crippen molar-refractivity contribution in [2.45, 2.75) is 37.8 Å². The van der Waals surface area contributed by atoms with Gasteiger partial charge in [-0.3, -0.25) is 0 Å². The summed E-state index contributed by atoms with van der Waals surface area (Å²) in [6.45, 7) is 9.54. The lowest BCUT2D eigenvalue weighted by Gasteiger charge is -2.38. The second-order valence-corrected chi connectivity index (χ2v) is 12.9. The van der Waals surface area contributed by atoms with Crippen molar-refractivity contribution in [1.29, 1.82) is 0 Å². The molecule has 0 heterocycles. The predicted octanol–water partition coefficient (Wildman–Crippen LogP) is 6.51. The highest BCUT2D eigenvalue weighted by Crippen LogP contribution is 2.50. The van der Waals surface area contributed by atoms with Gasteiger partial charge < -0.3 is 0 Å². The van der Waals surface area contributed by atoms with E-state index in [1.807, 2.05) is 0 Å². The second-order valence-electron chi connectivity index (χ2n) is 9.76. The maximum Gasteiger partial charge on any atom is 0.0545 e. The Kier molecular flexibility index (Phi) is 3.83. The fraction of sp³-hybridized carbons (Fsp3) is 0.200. The Morgan fingerprint density at radius 1 is 0.581 bits per heavy atom. The molecule has 31 heavy (non-hydrogen) atoms. The molecule has 0 nitrogen and oxygen atoms in total. The molecule has 2 unspecified atom stereocenters. The lowest BCUT2D eigenvalue weighted by Crippen LogP contribution is -2.43. The quantitative estimate of drug-likeness (QED) is 0.328. The third-order valence-electron chi connectivity index (χ3n) is 8.03. The van der Waals surface area contributed by atoms with Gasteiger partial charge in [0, 0.05) is 10.1 Å². The van der Waals surface area contributed by atoms with E-state index in [0.29, 0.717) is 0 Å². The summed E-state index contributed by atoms with van der Waals surface area (Å²) in [7, 11) is -0.673. The van der Waals surface area contributed by atoms with Gasteiger partial charge in [-0.1, -0.05) is 97.8 Å². The zero-order valence-corrected chi connectivity index (χ0v) is 20.0. The average Bonchev–Trinajstić information content (AvgIpc) is 3.18. The number of allylic oxidation sites excluding steroid dienone is 2. The molecule has 0 N–H and O–H groups in total. The Hall–Kier alpha value is -2.90. The fourth-order valence-corrected chi connectivity index (χ4v) is 9.04. The van der Waals surface area contributed by atoms with Crippen LogP contribution in [0.4, 0.5) is 0 Å². The van der Waals surface area contributed by atoms with Crippen LogP contribution in [-0.4, -0.2) is 9.52 Å². The molecule has 4 aromatic rings. The van der Waals surface area contributed by atoms with Gasteiger partial charge in [0.15, 0.2) is 0 Å². The monoisotopic (exact) mass is 414 g/mol. The van der Waals surface area contributed by atoms with Gasteiger partial charge in [0.05, 0.1) is 9.52 Å². The second kappa shape index (κ2) is 6.31. The minimum atomic E-state index is -0.673. The standard InChI is InChI=1S/C30H26Si/c1-19-17-25-23-11-7-5-9-21(23)13-15-27(25)29(19,3)31-30(4)20(2)18-26-24-12-8-6-10-22(24)14-16-28(26)30/h5-16H,31H2,1-4H3. The molecule has 0 fully saturated rings. The molecule has 2 aliphatic rings. The molecule has 6 rings (SSSR count). The van der Waals surface area contributed by atoms with E-state index >= 15 is 0 Å². The highest BCUT2D eigenvalue weighted by atomic mass is 28.2. The molecule has 0 amide bonds. The van der Waals surface area contributed by atoms with Crippen molar-refractivity contribution < 1.29 is 0 Å². The van der Waals surface area contributed by atoms with E-state index in [-0.39, 0.29) is 10.1 Å². The van der Waals surface area contributed by atoms with Crippen LogP contribution in [0, 0.1) is 12.2 Å². The summed E-state index contributed by atoms with van der Waals surface area (Å²) in [6.07, 6.45) is 7.62. The average molecular weight is 415 g/mol. The molecule has 150 valence electrons. The van der Waals surface area contributed by atoms with Crippen LogP contribution in [0.3, 0.4) is 0 Å². The Bertz CT molecular complexity index is 1340. The summed E-state index contributed by atoms with van der Waals surface area (Å²) < 4.78 is 0. The minimum absolute atomic E-state index is 0.0876. The topological polar surface area (TPSA) is 0 Å². The van der Waals surface area contributed by atoms with E-state index < -0.39 is 9.52 Å². The number of fused-ring (bicyclic) bond motifs is 6. The molecule has 1 heteroatoms. The summed E-state index contributed by atoms with van der Waals surface area (Å²) in [5, 5.41) is 5.45. The van der Waals surface area contributed by atoms with Crippen molar-refractivity contribution in [3.8, 4) is 0 Å². The molecule has 4 aromatic carbocycles. The van der Waals surface area contributed by atoms with Gasteiger partial charge in [0.2, 0.25) is 0 Å². The molecule has 2 aliphatic carbocycles. The first-order valence-electron chi connectivity index (χ1n) is 11.2. The van der Waals surface area contributed by atoms with Crippen LogP contribution in [0.25, 0.3) is 21.5 Å². The van der Waals surface area contributed by atoms with Gasteiger partial charge in [-0.2, -0.15) is 0 Å². The number of benzene rings is 4. The Morgan fingerprint density at radius 2 is 1.00 bits per heavy atom. The van der Waals surface area contributed by atoms with Crippen molar-refractivity contribution in [2.75, 3.05) is 0 Å². The van der Waals surface area contributed by atoms with E-state index in [2.05, 4.69) is 113 Å². The van der Waals surface area contributed by atoms with Gasteiger partial charge >= 0.3 is 0 Å². The van der Waals surface area contributed by atoms with Crippen molar-refractivity contribution in [1.82, 2.24) is 0 Å². The third kappa shape index (κ3) is 2.47. The third-order valence-corrected chi connectivity index (χ3v) is 11.3. The number of hydrogen-bond acceptors (Lipinski definition) is 0. The number of hydrogen-bond donors (Lipinski definition) is 0. The van der Waals surface area contributed by atoms with E-state index in [1.165, 1.54) is 54.9 Å². The molecular formula is C30H26Si. The molecule has 0 bridgehead atoms. The summed E-state index contributed by atoms with van der Waals surface area (Å²) in [6, 6.07) is 26.8. The molecule has 0 aliphatic heterocycles. The highest BCUT2D eigenvalue weighted by molar-refractivity contribution is 6.47. The van der Waals surface area contributed by atoms with E-state index in [9.17, 15) is 0 Å². The van der Waals surface area contributed by atoms with Crippen molar-refractivity contribution >= 4 is 31.1 Å². The summed E-state index contributed by atoms with van der Waals surface area (Å²) in [4.78, 5) is 0. The van der Waals surface area contributed by atoms with Gasteiger partial charge in [-0.05, 0) is 69.8 Å². The maximum absolute atomic E-state index is 3.81. The van der Waals surface area contributed by atoms with Crippen molar-refractivity contribution in [2.24, 2.45) is 0 Å². The molecule has 0 saturated carbocycles. The van der Waals surface area contributed by atoms with Crippen LogP contribution in [0.15, 0.2) is 83.9 Å². The van der Waals surface area contributed by atoms with Crippen LogP contribution in [0.2, 0.25) is 0 Å². The summed E-state index contributed by atoms with van der Waals surface area (Å²) in [5.41, 5.74) is 8.37. The lowest BCUT2D eigenvalue weighted by molar-refractivity contribution is 0.715. The maximum atomic E-state index is 3.81. The highest BCUT2D eigenvalue weighted by Gasteiger charge is 2.46. The van der Waals surface area contributed by atoms with Crippen LogP contribution in [0.1, 0.15) is 49.9 Å². The predicted molar refractivity (Wildman–Crippen MR) is 134 cm³/mol. The minimum Gasteiger partial charge on any atom is -0.0616 e. The Labute approximate surface area is 187 Å². The largest absolute Gasteiger partial charge is 0.0616 e. The SMILES string of the molecule is CC1=[C]c2c(ccc3ccccc23)C1(C)[SiH2]C1(C)C(C)=[C]c2c1ccc1ccccc21. The first-order chi connectivity index (χ1) is 14.9. The van der Waals surface area contributed by atoms with Gasteiger partial charge in [-0.25, -0.2) is 0 Å². The van der Waals surface area contributed by atoms with E-state index in [1.54, 1.807) is 0 Å².